The van der Waals surface area contributed by atoms with Crippen LogP contribution in [0.25, 0.3) is 0 Å². The van der Waals surface area contributed by atoms with E-state index in [0.29, 0.717) is 25.1 Å². The molecule has 3 nitrogen and oxygen atoms in total. The SMILES string of the molecule is Cc1ccc(C(CN)N2CCCC(CO)C2)s1. The van der Waals surface area contributed by atoms with E-state index in [2.05, 4.69) is 24.0 Å². The maximum atomic E-state index is 9.28. The first-order valence-electron chi connectivity index (χ1n) is 6.36. The average molecular weight is 254 g/mol. The molecule has 4 heteroatoms. The summed E-state index contributed by atoms with van der Waals surface area (Å²) in [6.07, 6.45) is 2.32. The van der Waals surface area contributed by atoms with E-state index in [0.717, 1.165) is 19.5 Å². The van der Waals surface area contributed by atoms with Crippen LogP contribution in [0.3, 0.4) is 0 Å². The van der Waals surface area contributed by atoms with Crippen LogP contribution in [0.2, 0.25) is 0 Å². The predicted octanol–water partition coefficient (Wildman–Crippen LogP) is 1.76. The molecule has 0 bridgehead atoms. The van der Waals surface area contributed by atoms with Gasteiger partial charge in [-0.1, -0.05) is 0 Å². The highest BCUT2D eigenvalue weighted by molar-refractivity contribution is 7.12. The lowest BCUT2D eigenvalue weighted by molar-refractivity contribution is 0.0912. The van der Waals surface area contributed by atoms with Crippen LogP contribution in [0, 0.1) is 12.8 Å². The molecule has 1 aromatic rings. The second-order valence-corrected chi connectivity index (χ2v) is 6.21. The van der Waals surface area contributed by atoms with Gasteiger partial charge in [-0.2, -0.15) is 0 Å². The Bertz CT molecular complexity index is 353. The highest BCUT2D eigenvalue weighted by Crippen LogP contribution is 2.30. The molecule has 2 rings (SSSR count). The minimum Gasteiger partial charge on any atom is -0.396 e. The van der Waals surface area contributed by atoms with Crippen LogP contribution in [0.5, 0.6) is 0 Å². The third kappa shape index (κ3) is 3.07. The fourth-order valence-electron chi connectivity index (χ4n) is 2.61. The van der Waals surface area contributed by atoms with Gasteiger partial charge in [0.2, 0.25) is 0 Å². The highest BCUT2D eigenvalue weighted by Gasteiger charge is 2.26. The summed E-state index contributed by atoms with van der Waals surface area (Å²) in [5, 5.41) is 9.28. The van der Waals surface area contributed by atoms with Gasteiger partial charge < -0.3 is 10.8 Å². The van der Waals surface area contributed by atoms with Crippen LogP contribution < -0.4 is 5.73 Å². The number of aryl methyl sites for hydroxylation is 1. The Kier molecular flexibility index (Phi) is 4.56. The summed E-state index contributed by atoms with van der Waals surface area (Å²) < 4.78 is 0. The largest absolute Gasteiger partial charge is 0.396 e. The van der Waals surface area contributed by atoms with Crippen molar-refractivity contribution in [3.63, 3.8) is 0 Å². The first kappa shape index (κ1) is 13.0. The summed E-state index contributed by atoms with van der Waals surface area (Å²) in [6, 6.07) is 4.69. The van der Waals surface area contributed by atoms with Gasteiger partial charge in [0.25, 0.3) is 0 Å². The summed E-state index contributed by atoms with van der Waals surface area (Å²) in [4.78, 5) is 5.15. The van der Waals surface area contributed by atoms with Crippen LogP contribution in [0.15, 0.2) is 12.1 Å². The van der Waals surface area contributed by atoms with E-state index in [1.54, 1.807) is 0 Å². The van der Waals surface area contributed by atoms with Gasteiger partial charge in [-0.05, 0) is 44.4 Å². The van der Waals surface area contributed by atoms with E-state index < -0.39 is 0 Å². The summed E-state index contributed by atoms with van der Waals surface area (Å²) in [7, 11) is 0. The first-order chi connectivity index (χ1) is 8.24. The van der Waals surface area contributed by atoms with Crippen LogP contribution in [0.1, 0.15) is 28.6 Å². The molecule has 2 heterocycles. The number of aliphatic hydroxyl groups is 1. The summed E-state index contributed by atoms with van der Waals surface area (Å²) in [5.74, 6) is 0.429. The Morgan fingerprint density at radius 3 is 3.00 bits per heavy atom. The molecular weight excluding hydrogens is 232 g/mol. The fraction of sp³-hybridized carbons (Fsp3) is 0.692. The minimum absolute atomic E-state index is 0.303. The number of likely N-dealkylation sites (tertiary alicyclic amines) is 1. The highest BCUT2D eigenvalue weighted by atomic mass is 32.1. The number of nitrogens with two attached hydrogens (primary N) is 1. The van der Waals surface area contributed by atoms with E-state index in [-0.39, 0.29) is 0 Å². The third-order valence-corrected chi connectivity index (χ3v) is 4.66. The van der Waals surface area contributed by atoms with E-state index in [1.165, 1.54) is 16.2 Å². The second kappa shape index (κ2) is 5.96. The molecule has 17 heavy (non-hydrogen) atoms. The molecular formula is C13H22N2OS. The van der Waals surface area contributed by atoms with Crippen molar-refractivity contribution in [3.05, 3.63) is 21.9 Å². The molecule has 1 aliphatic rings. The molecule has 1 aromatic heterocycles. The number of piperidine rings is 1. The lowest BCUT2D eigenvalue weighted by Gasteiger charge is -2.37. The Hall–Kier alpha value is -0.420. The average Bonchev–Trinajstić information content (AvgIpc) is 2.77. The van der Waals surface area contributed by atoms with Gasteiger partial charge in [-0.3, -0.25) is 4.90 Å². The fourth-order valence-corrected chi connectivity index (χ4v) is 3.63. The van der Waals surface area contributed by atoms with Gasteiger partial charge in [-0.25, -0.2) is 0 Å². The molecule has 2 atom stereocenters. The van der Waals surface area contributed by atoms with Crippen molar-refractivity contribution < 1.29 is 5.11 Å². The van der Waals surface area contributed by atoms with Gasteiger partial charge >= 0.3 is 0 Å². The quantitative estimate of drug-likeness (QED) is 0.861. The maximum absolute atomic E-state index is 9.28. The van der Waals surface area contributed by atoms with Crippen molar-refractivity contribution >= 4 is 11.3 Å². The van der Waals surface area contributed by atoms with E-state index >= 15 is 0 Å². The molecule has 3 N–H and O–H groups in total. The molecule has 0 radical (unpaired) electrons. The number of nitrogens with zero attached hydrogens (tertiary/aromatic N) is 1. The maximum Gasteiger partial charge on any atom is 0.0564 e. The lowest BCUT2D eigenvalue weighted by Crippen LogP contribution is -2.41. The van der Waals surface area contributed by atoms with Gasteiger partial charge in [0.1, 0.15) is 0 Å². The number of rotatable bonds is 4. The van der Waals surface area contributed by atoms with Crippen molar-refractivity contribution in [1.82, 2.24) is 4.90 Å². The van der Waals surface area contributed by atoms with Gasteiger partial charge in [-0.15, -0.1) is 11.3 Å². The van der Waals surface area contributed by atoms with Crippen molar-refractivity contribution in [2.75, 3.05) is 26.2 Å². The Morgan fingerprint density at radius 2 is 2.41 bits per heavy atom. The first-order valence-corrected chi connectivity index (χ1v) is 7.17. The second-order valence-electron chi connectivity index (χ2n) is 4.89. The van der Waals surface area contributed by atoms with E-state index in [4.69, 9.17) is 5.73 Å². The standard InChI is InChI=1S/C13H22N2OS/c1-10-4-5-13(17-10)12(7-14)15-6-2-3-11(8-15)9-16/h4-5,11-12,16H,2-3,6-9,14H2,1H3. The zero-order valence-corrected chi connectivity index (χ0v) is 11.2. The Balaban J connectivity index is 2.07. The van der Waals surface area contributed by atoms with Gasteiger partial charge in [0, 0.05) is 29.5 Å². The molecule has 96 valence electrons. The number of thiophene rings is 1. The van der Waals surface area contributed by atoms with Crippen LogP contribution >= 0.6 is 11.3 Å². The number of aliphatic hydroxyl groups excluding tert-OH is 1. The van der Waals surface area contributed by atoms with Crippen molar-refractivity contribution in [1.29, 1.82) is 0 Å². The normalized spacial score (nSPS) is 23.8. The third-order valence-electron chi connectivity index (χ3n) is 3.56. The summed E-state index contributed by atoms with van der Waals surface area (Å²) >= 11 is 1.84. The molecule has 1 aliphatic heterocycles. The van der Waals surface area contributed by atoms with Crippen molar-refractivity contribution in [2.24, 2.45) is 11.7 Å². The zero-order valence-electron chi connectivity index (χ0n) is 10.4. The number of hydrogen-bond acceptors (Lipinski definition) is 4. The Labute approximate surface area is 107 Å². The lowest BCUT2D eigenvalue weighted by atomic mass is 9.97. The molecule has 2 unspecified atom stereocenters. The summed E-state index contributed by atoms with van der Waals surface area (Å²) in [6.45, 7) is 5.19. The Morgan fingerprint density at radius 1 is 1.59 bits per heavy atom. The van der Waals surface area contributed by atoms with E-state index in [1.807, 2.05) is 11.3 Å². The predicted molar refractivity (Wildman–Crippen MR) is 72.2 cm³/mol. The molecule has 0 aromatic carbocycles. The van der Waals surface area contributed by atoms with Gasteiger partial charge in [0.05, 0.1) is 6.04 Å². The molecule has 0 saturated carbocycles. The molecule has 0 amide bonds. The topological polar surface area (TPSA) is 49.5 Å². The van der Waals surface area contributed by atoms with E-state index in [9.17, 15) is 5.11 Å². The molecule has 0 spiro atoms. The minimum atomic E-state index is 0.303. The van der Waals surface area contributed by atoms with Crippen LogP contribution in [0.4, 0.5) is 0 Å². The molecule has 0 aliphatic carbocycles. The smallest absolute Gasteiger partial charge is 0.0564 e. The van der Waals surface area contributed by atoms with Crippen LogP contribution in [-0.4, -0.2) is 36.2 Å². The number of hydrogen-bond donors (Lipinski definition) is 2. The monoisotopic (exact) mass is 254 g/mol. The summed E-state index contributed by atoms with van der Waals surface area (Å²) in [5.41, 5.74) is 5.93. The molecule has 1 fully saturated rings. The van der Waals surface area contributed by atoms with Crippen LogP contribution in [-0.2, 0) is 0 Å². The van der Waals surface area contributed by atoms with Crippen molar-refractivity contribution in [2.45, 2.75) is 25.8 Å². The van der Waals surface area contributed by atoms with Crippen molar-refractivity contribution in [3.8, 4) is 0 Å². The van der Waals surface area contributed by atoms with Gasteiger partial charge in [0.15, 0.2) is 0 Å². The zero-order chi connectivity index (χ0) is 12.3. The molecule has 1 saturated heterocycles.